The molecule has 1 amide bonds. The minimum Gasteiger partial charge on any atom is -0.467 e. The molecular formula is C25H27N5O3S2. The summed E-state index contributed by atoms with van der Waals surface area (Å²) in [5.74, 6) is 0.428. The number of carbonyl (C=O) groups excluding carboxylic acids is 2. The van der Waals surface area contributed by atoms with E-state index >= 15 is 0 Å². The van der Waals surface area contributed by atoms with Gasteiger partial charge in [-0.25, -0.2) is 9.78 Å². The molecule has 0 bridgehead atoms. The monoisotopic (exact) mass is 509 g/mol. The molecule has 2 heterocycles. The second-order valence-corrected chi connectivity index (χ2v) is 10.1. The number of esters is 1. The summed E-state index contributed by atoms with van der Waals surface area (Å²) in [6.07, 6.45) is 0.540. The molecule has 2 atom stereocenters. The Kier molecular flexibility index (Phi) is 8.25. The third-order valence-electron chi connectivity index (χ3n) is 5.60. The van der Waals surface area contributed by atoms with Crippen molar-refractivity contribution in [3.8, 4) is 0 Å². The topological polar surface area (TPSA) is 99.0 Å². The first kappa shape index (κ1) is 25.0. The summed E-state index contributed by atoms with van der Waals surface area (Å²) >= 11 is 2.81. The molecular weight excluding hydrogens is 482 g/mol. The van der Waals surface area contributed by atoms with Gasteiger partial charge in [-0.15, -0.1) is 10.2 Å². The smallest absolute Gasteiger partial charge is 0.329 e. The fourth-order valence-electron chi connectivity index (χ4n) is 3.74. The molecule has 0 radical (unpaired) electrons. The van der Waals surface area contributed by atoms with E-state index < -0.39 is 17.3 Å². The lowest BCUT2D eigenvalue weighted by molar-refractivity contribution is -0.144. The summed E-state index contributed by atoms with van der Waals surface area (Å²) in [4.78, 5) is 30.1. The van der Waals surface area contributed by atoms with Gasteiger partial charge in [0, 0.05) is 23.9 Å². The largest absolute Gasteiger partial charge is 0.467 e. The summed E-state index contributed by atoms with van der Waals surface area (Å²) < 4.78 is 6.90. The van der Waals surface area contributed by atoms with Crippen molar-refractivity contribution in [3.05, 3.63) is 60.2 Å². The lowest BCUT2D eigenvalue weighted by Crippen LogP contribution is -2.46. The molecule has 2 unspecified atom stereocenters. The van der Waals surface area contributed by atoms with E-state index in [1.54, 1.807) is 11.8 Å². The summed E-state index contributed by atoms with van der Waals surface area (Å²) in [7, 11) is 3.26. The summed E-state index contributed by atoms with van der Waals surface area (Å²) in [6, 6.07) is 17.2. The quantitative estimate of drug-likeness (QED) is 0.253. The van der Waals surface area contributed by atoms with Gasteiger partial charge >= 0.3 is 5.97 Å². The van der Waals surface area contributed by atoms with E-state index in [2.05, 4.69) is 20.5 Å². The van der Waals surface area contributed by atoms with Gasteiger partial charge in [0.15, 0.2) is 5.65 Å². The second-order valence-electron chi connectivity index (χ2n) is 7.94. The van der Waals surface area contributed by atoms with E-state index in [4.69, 9.17) is 4.74 Å². The molecule has 8 nitrogen and oxygen atoms in total. The van der Waals surface area contributed by atoms with Crippen LogP contribution in [0.1, 0.15) is 18.9 Å². The number of benzene rings is 2. The van der Waals surface area contributed by atoms with Crippen molar-refractivity contribution in [2.45, 2.75) is 35.5 Å². The third-order valence-corrected chi connectivity index (χ3v) is 7.92. The van der Waals surface area contributed by atoms with Crippen molar-refractivity contribution < 1.29 is 14.3 Å². The molecule has 182 valence electrons. The lowest BCUT2D eigenvalue weighted by atomic mass is 10.2. The van der Waals surface area contributed by atoms with Crippen molar-refractivity contribution in [1.29, 1.82) is 0 Å². The summed E-state index contributed by atoms with van der Waals surface area (Å²) in [6.45, 7) is 1.91. The zero-order chi connectivity index (χ0) is 24.8. The fourth-order valence-corrected chi connectivity index (χ4v) is 5.56. The minimum atomic E-state index is -0.740. The Morgan fingerprint density at radius 1 is 1.09 bits per heavy atom. The third kappa shape index (κ3) is 5.76. The van der Waals surface area contributed by atoms with Crippen LogP contribution in [0, 0.1) is 0 Å². The van der Waals surface area contributed by atoms with Gasteiger partial charge < -0.3 is 14.6 Å². The number of ether oxygens (including phenoxy) is 1. The van der Waals surface area contributed by atoms with Gasteiger partial charge in [-0.1, -0.05) is 67.2 Å². The Morgan fingerprint density at radius 3 is 2.57 bits per heavy atom. The maximum atomic E-state index is 13.1. The van der Waals surface area contributed by atoms with Gasteiger partial charge in [-0.3, -0.25) is 4.79 Å². The standard InChI is InChI=1S/C25H27N5O3S2/c1-4-20(23(31)26-18(24(32)33-3)15-34-14-16-10-6-5-7-11-16)35-25-27-22-21(28-29-25)17-12-8-9-13-19(17)30(22)2/h5-13,18,20H,4,14-15H2,1-3H3,(H,26,31). The Balaban J connectivity index is 1.44. The SMILES string of the molecule is CCC(Sc1nnc2c3ccccc3n(C)c2n1)C(=O)NC(CSCc1ccccc1)C(=O)OC. The molecule has 0 aliphatic rings. The first-order valence-electron chi connectivity index (χ1n) is 11.3. The number of carbonyl (C=O) groups is 2. The summed E-state index contributed by atoms with van der Waals surface area (Å²) in [5, 5.41) is 12.4. The molecule has 2 aromatic heterocycles. The molecule has 0 saturated carbocycles. The zero-order valence-electron chi connectivity index (χ0n) is 19.8. The van der Waals surface area contributed by atoms with E-state index in [1.165, 1.54) is 18.9 Å². The van der Waals surface area contributed by atoms with Crippen LogP contribution >= 0.6 is 23.5 Å². The van der Waals surface area contributed by atoms with Crippen LogP contribution in [-0.2, 0) is 27.1 Å². The van der Waals surface area contributed by atoms with Crippen molar-refractivity contribution >= 4 is 57.5 Å². The Morgan fingerprint density at radius 2 is 1.83 bits per heavy atom. The van der Waals surface area contributed by atoms with Gasteiger partial charge in [-0.2, -0.15) is 11.8 Å². The minimum absolute atomic E-state index is 0.256. The van der Waals surface area contributed by atoms with Gasteiger partial charge in [0.25, 0.3) is 0 Å². The maximum absolute atomic E-state index is 13.1. The number of hydrogen-bond acceptors (Lipinski definition) is 8. The number of amides is 1. The number of nitrogens with one attached hydrogen (secondary N) is 1. The van der Waals surface area contributed by atoms with E-state index in [0.29, 0.717) is 23.0 Å². The number of para-hydroxylation sites is 1. The van der Waals surface area contributed by atoms with Crippen LogP contribution in [0.5, 0.6) is 0 Å². The number of rotatable bonds is 10. The van der Waals surface area contributed by atoms with E-state index in [-0.39, 0.29) is 5.91 Å². The van der Waals surface area contributed by atoms with Gasteiger partial charge in [0.2, 0.25) is 11.1 Å². The lowest BCUT2D eigenvalue weighted by Gasteiger charge is -2.19. The molecule has 35 heavy (non-hydrogen) atoms. The number of thioether (sulfide) groups is 2. The van der Waals surface area contributed by atoms with Crippen LogP contribution in [0.3, 0.4) is 0 Å². The van der Waals surface area contributed by atoms with Crippen molar-refractivity contribution in [2.24, 2.45) is 7.05 Å². The average molecular weight is 510 g/mol. The van der Waals surface area contributed by atoms with Crippen molar-refractivity contribution in [2.75, 3.05) is 12.9 Å². The molecule has 4 rings (SSSR count). The summed E-state index contributed by atoms with van der Waals surface area (Å²) in [5.41, 5.74) is 3.61. The molecule has 1 N–H and O–H groups in total. The van der Waals surface area contributed by atoms with Crippen LogP contribution in [0.25, 0.3) is 22.1 Å². The molecule has 4 aromatic rings. The van der Waals surface area contributed by atoms with Crippen LogP contribution in [0.2, 0.25) is 0 Å². The van der Waals surface area contributed by atoms with Gasteiger partial charge in [-0.05, 0) is 18.1 Å². The second kappa shape index (κ2) is 11.5. The highest BCUT2D eigenvalue weighted by molar-refractivity contribution is 8.00. The Hall–Kier alpha value is -3.11. The van der Waals surface area contributed by atoms with E-state index in [1.807, 2.05) is 73.1 Å². The van der Waals surface area contributed by atoms with E-state index in [0.717, 1.165) is 27.7 Å². The van der Waals surface area contributed by atoms with E-state index in [9.17, 15) is 9.59 Å². The molecule has 0 spiro atoms. The predicted molar refractivity (Wildman–Crippen MR) is 140 cm³/mol. The number of aromatic nitrogens is 4. The Bertz CT molecular complexity index is 1330. The van der Waals surface area contributed by atoms with Gasteiger partial charge in [0.1, 0.15) is 11.6 Å². The maximum Gasteiger partial charge on any atom is 0.329 e. The number of methoxy groups -OCH3 is 1. The van der Waals surface area contributed by atoms with Crippen LogP contribution in [0.15, 0.2) is 59.8 Å². The molecule has 0 aliphatic carbocycles. The molecule has 0 aliphatic heterocycles. The number of hydrogen-bond donors (Lipinski definition) is 1. The normalized spacial score (nSPS) is 13.0. The van der Waals surface area contributed by atoms with Crippen LogP contribution in [0.4, 0.5) is 0 Å². The zero-order valence-corrected chi connectivity index (χ0v) is 21.4. The number of nitrogens with zero attached hydrogens (tertiary/aromatic N) is 4. The molecule has 0 fully saturated rings. The Labute approximate surface area is 212 Å². The highest BCUT2D eigenvalue weighted by Crippen LogP contribution is 2.28. The number of fused-ring (bicyclic) bond motifs is 3. The number of aryl methyl sites for hydroxylation is 1. The van der Waals surface area contributed by atoms with Crippen LogP contribution in [-0.4, -0.2) is 55.8 Å². The highest BCUT2D eigenvalue weighted by atomic mass is 32.2. The van der Waals surface area contributed by atoms with Crippen LogP contribution < -0.4 is 5.32 Å². The first-order chi connectivity index (χ1) is 17.0. The molecule has 10 heteroatoms. The molecule has 2 aromatic carbocycles. The predicted octanol–water partition coefficient (Wildman–Crippen LogP) is 3.98. The molecule has 0 saturated heterocycles. The van der Waals surface area contributed by atoms with Crippen molar-refractivity contribution in [1.82, 2.24) is 25.1 Å². The first-order valence-corrected chi connectivity index (χ1v) is 13.3. The van der Waals surface area contributed by atoms with Gasteiger partial charge in [0.05, 0.1) is 17.9 Å². The fraction of sp³-hybridized carbons (Fsp3) is 0.320. The average Bonchev–Trinajstić information content (AvgIpc) is 3.18. The highest BCUT2D eigenvalue weighted by Gasteiger charge is 2.27. The van der Waals surface area contributed by atoms with Crippen molar-refractivity contribution in [3.63, 3.8) is 0 Å².